The quantitative estimate of drug-likeness (QED) is 0.431. The summed E-state index contributed by atoms with van der Waals surface area (Å²) in [6.45, 7) is 3.64. The van der Waals surface area contributed by atoms with Gasteiger partial charge in [-0.2, -0.15) is 0 Å². The number of anilines is 1. The topological polar surface area (TPSA) is 60.3 Å². The number of aromatic nitrogens is 1. The summed E-state index contributed by atoms with van der Waals surface area (Å²) < 4.78 is 8.15. The number of carbonyl (C=O) groups is 2. The number of hydrogen-bond acceptors (Lipinski definition) is 4. The van der Waals surface area contributed by atoms with Crippen molar-refractivity contribution < 1.29 is 14.3 Å². The van der Waals surface area contributed by atoms with E-state index in [1.165, 1.54) is 11.3 Å². The second-order valence-corrected chi connectivity index (χ2v) is 7.75. The number of rotatable bonds is 5. The lowest BCUT2D eigenvalue weighted by atomic mass is 10.3. The van der Waals surface area contributed by atoms with Crippen molar-refractivity contribution in [2.75, 3.05) is 11.9 Å². The average Bonchev–Trinajstić information content (AvgIpc) is 3.21. The van der Waals surface area contributed by atoms with Gasteiger partial charge in [-0.05, 0) is 72.2 Å². The molecule has 3 aromatic rings. The van der Waals surface area contributed by atoms with E-state index in [1.54, 1.807) is 12.1 Å². The van der Waals surface area contributed by atoms with Gasteiger partial charge >= 0.3 is 5.97 Å². The number of amides is 1. The highest BCUT2D eigenvalue weighted by atomic mass is 127. The van der Waals surface area contributed by atoms with E-state index in [2.05, 4.69) is 27.9 Å². The first kappa shape index (κ1) is 18.7. The number of nitrogens with zero attached hydrogens (tertiary/aromatic N) is 1. The van der Waals surface area contributed by atoms with E-state index in [4.69, 9.17) is 4.74 Å². The van der Waals surface area contributed by atoms with Gasteiger partial charge in [-0.15, -0.1) is 11.3 Å². The van der Waals surface area contributed by atoms with Crippen molar-refractivity contribution in [3.8, 4) is 5.00 Å². The lowest BCUT2D eigenvalue weighted by Crippen LogP contribution is -2.21. The van der Waals surface area contributed by atoms with Crippen LogP contribution >= 0.6 is 33.9 Å². The summed E-state index contributed by atoms with van der Waals surface area (Å²) in [4.78, 5) is 24.5. The fourth-order valence-electron chi connectivity index (χ4n) is 2.58. The van der Waals surface area contributed by atoms with Crippen LogP contribution in [0.4, 0.5) is 5.69 Å². The number of thiophene rings is 1. The predicted molar refractivity (Wildman–Crippen MR) is 111 cm³/mol. The molecular formula is C19H17IN2O3S. The molecule has 0 aliphatic rings. The van der Waals surface area contributed by atoms with Crippen LogP contribution in [0.25, 0.3) is 5.00 Å². The number of para-hydroxylation sites is 1. The Labute approximate surface area is 169 Å². The molecular weight excluding hydrogens is 463 g/mol. The Morgan fingerprint density at radius 2 is 1.81 bits per heavy atom. The molecule has 0 radical (unpaired) electrons. The standard InChI is InChI=1S/C19H17IN2O3S/c1-12-7-8-13(2)22(12)18-14(9-10-26-18)19(24)25-11-17(23)21-16-6-4-3-5-15(16)20/h3-10H,11H2,1-2H3,(H,21,23). The molecule has 2 heterocycles. The second-order valence-electron chi connectivity index (χ2n) is 5.70. The Morgan fingerprint density at radius 1 is 1.12 bits per heavy atom. The molecule has 26 heavy (non-hydrogen) atoms. The van der Waals surface area contributed by atoms with Crippen molar-refractivity contribution in [2.24, 2.45) is 0 Å². The summed E-state index contributed by atoms with van der Waals surface area (Å²) in [5, 5.41) is 5.39. The molecule has 5 nitrogen and oxygen atoms in total. The molecule has 7 heteroatoms. The number of hydrogen-bond donors (Lipinski definition) is 1. The summed E-state index contributed by atoms with van der Waals surface area (Å²) in [7, 11) is 0. The van der Waals surface area contributed by atoms with Crippen molar-refractivity contribution in [3.63, 3.8) is 0 Å². The summed E-state index contributed by atoms with van der Waals surface area (Å²) in [5.41, 5.74) is 3.23. The van der Waals surface area contributed by atoms with Crippen molar-refractivity contribution >= 4 is 51.5 Å². The third-order valence-electron chi connectivity index (χ3n) is 3.82. The number of aryl methyl sites for hydroxylation is 2. The van der Waals surface area contributed by atoms with E-state index in [1.807, 2.05) is 54.1 Å². The fraction of sp³-hybridized carbons (Fsp3) is 0.158. The highest BCUT2D eigenvalue weighted by Crippen LogP contribution is 2.26. The highest BCUT2D eigenvalue weighted by molar-refractivity contribution is 14.1. The van der Waals surface area contributed by atoms with Crippen LogP contribution in [0, 0.1) is 17.4 Å². The van der Waals surface area contributed by atoms with Crippen LogP contribution in [0.2, 0.25) is 0 Å². The number of ether oxygens (including phenoxy) is 1. The minimum Gasteiger partial charge on any atom is -0.452 e. The molecule has 1 amide bonds. The predicted octanol–water partition coefficient (Wildman–Crippen LogP) is 4.56. The van der Waals surface area contributed by atoms with Crippen molar-refractivity contribution in [1.29, 1.82) is 0 Å². The summed E-state index contributed by atoms with van der Waals surface area (Å²) in [6.07, 6.45) is 0. The summed E-state index contributed by atoms with van der Waals surface area (Å²) >= 11 is 3.60. The maximum Gasteiger partial charge on any atom is 0.341 e. The molecule has 0 aliphatic carbocycles. The van der Waals surface area contributed by atoms with Gasteiger partial charge in [0.25, 0.3) is 5.91 Å². The third kappa shape index (κ3) is 3.99. The molecule has 1 aromatic carbocycles. The van der Waals surface area contributed by atoms with Crippen LogP contribution < -0.4 is 5.32 Å². The van der Waals surface area contributed by atoms with Gasteiger partial charge in [0, 0.05) is 15.0 Å². The Hall–Kier alpha value is -2.13. The van der Waals surface area contributed by atoms with Crippen LogP contribution in [0.15, 0.2) is 47.8 Å². The Kier molecular flexibility index (Phi) is 5.77. The largest absolute Gasteiger partial charge is 0.452 e. The molecule has 0 aliphatic heterocycles. The highest BCUT2D eigenvalue weighted by Gasteiger charge is 2.19. The number of nitrogens with one attached hydrogen (secondary N) is 1. The van der Waals surface area contributed by atoms with Crippen molar-refractivity contribution in [2.45, 2.75) is 13.8 Å². The van der Waals surface area contributed by atoms with Gasteiger partial charge in [0.15, 0.2) is 6.61 Å². The van der Waals surface area contributed by atoms with Gasteiger partial charge < -0.3 is 14.6 Å². The Balaban J connectivity index is 1.67. The third-order valence-corrected chi connectivity index (χ3v) is 5.66. The molecule has 0 bridgehead atoms. The maximum atomic E-state index is 12.5. The smallest absolute Gasteiger partial charge is 0.341 e. The first-order chi connectivity index (χ1) is 12.5. The maximum absolute atomic E-state index is 12.5. The fourth-order valence-corrected chi connectivity index (χ4v) is 4.10. The van der Waals surface area contributed by atoms with E-state index in [0.717, 1.165) is 20.0 Å². The van der Waals surface area contributed by atoms with Gasteiger partial charge in [-0.1, -0.05) is 12.1 Å². The van der Waals surface area contributed by atoms with E-state index in [0.29, 0.717) is 11.3 Å². The van der Waals surface area contributed by atoms with Gasteiger partial charge in [-0.25, -0.2) is 4.79 Å². The number of halogens is 1. The average molecular weight is 480 g/mol. The Bertz CT molecular complexity index is 942. The lowest BCUT2D eigenvalue weighted by molar-refractivity contribution is -0.119. The molecule has 0 atom stereocenters. The SMILES string of the molecule is Cc1ccc(C)n1-c1sccc1C(=O)OCC(=O)Nc1ccccc1I. The molecule has 3 rings (SSSR count). The minimum absolute atomic E-state index is 0.331. The van der Waals surface area contributed by atoms with Gasteiger partial charge in [-0.3, -0.25) is 4.79 Å². The van der Waals surface area contributed by atoms with Crippen molar-refractivity contribution in [3.05, 3.63) is 68.4 Å². The number of esters is 1. The van der Waals surface area contributed by atoms with Crippen molar-refractivity contribution in [1.82, 2.24) is 4.57 Å². The van der Waals surface area contributed by atoms with Crippen LogP contribution in [0.1, 0.15) is 21.7 Å². The normalized spacial score (nSPS) is 10.6. The first-order valence-corrected chi connectivity index (χ1v) is 9.87. The monoisotopic (exact) mass is 480 g/mol. The lowest BCUT2D eigenvalue weighted by Gasteiger charge is -2.11. The van der Waals surface area contributed by atoms with E-state index in [-0.39, 0.29) is 12.5 Å². The van der Waals surface area contributed by atoms with E-state index in [9.17, 15) is 9.59 Å². The summed E-state index contributed by atoms with van der Waals surface area (Å²) in [6, 6.07) is 13.1. The number of benzene rings is 1. The summed E-state index contributed by atoms with van der Waals surface area (Å²) in [5.74, 6) is -0.876. The van der Waals surface area contributed by atoms with Crippen LogP contribution in [-0.4, -0.2) is 23.1 Å². The first-order valence-electron chi connectivity index (χ1n) is 7.91. The molecule has 0 spiro atoms. The zero-order valence-corrected chi connectivity index (χ0v) is 17.3. The molecule has 0 saturated carbocycles. The molecule has 0 fully saturated rings. The zero-order chi connectivity index (χ0) is 18.7. The van der Waals surface area contributed by atoms with Gasteiger partial charge in [0.2, 0.25) is 0 Å². The van der Waals surface area contributed by atoms with Gasteiger partial charge in [0.1, 0.15) is 5.00 Å². The second kappa shape index (κ2) is 8.05. The molecule has 2 aromatic heterocycles. The zero-order valence-electron chi connectivity index (χ0n) is 14.3. The van der Waals surface area contributed by atoms with Crippen LogP contribution in [-0.2, 0) is 9.53 Å². The number of carbonyl (C=O) groups excluding carboxylic acids is 2. The molecule has 134 valence electrons. The molecule has 0 unspecified atom stereocenters. The molecule has 0 saturated heterocycles. The van der Waals surface area contributed by atoms with E-state index >= 15 is 0 Å². The molecule has 1 N–H and O–H groups in total. The van der Waals surface area contributed by atoms with Crippen LogP contribution in [0.5, 0.6) is 0 Å². The van der Waals surface area contributed by atoms with Gasteiger partial charge in [0.05, 0.1) is 11.3 Å². The minimum atomic E-state index is -0.508. The van der Waals surface area contributed by atoms with Crippen LogP contribution in [0.3, 0.4) is 0 Å². The Morgan fingerprint density at radius 3 is 2.50 bits per heavy atom. The van der Waals surface area contributed by atoms with E-state index < -0.39 is 5.97 Å².